The number of aromatic nitrogens is 2. The molecule has 0 fully saturated rings. The normalized spacial score (nSPS) is 12.6. The van der Waals surface area contributed by atoms with Gasteiger partial charge in [0.1, 0.15) is 5.82 Å². The van der Waals surface area contributed by atoms with Crippen LogP contribution in [-0.2, 0) is 6.54 Å². The van der Waals surface area contributed by atoms with Gasteiger partial charge >= 0.3 is 0 Å². The first-order chi connectivity index (χ1) is 7.90. The van der Waals surface area contributed by atoms with Gasteiger partial charge in [-0.1, -0.05) is 13.0 Å². The second kappa shape index (κ2) is 5.72. The molecule has 2 heterocycles. The van der Waals surface area contributed by atoms with E-state index in [0.717, 1.165) is 18.8 Å². The Bertz CT molecular complexity index is 399. The number of hydrogen-bond acceptors (Lipinski definition) is 4. The van der Waals surface area contributed by atoms with Crippen molar-refractivity contribution in [1.82, 2.24) is 15.3 Å². The second-order valence-corrected chi connectivity index (χ2v) is 4.50. The van der Waals surface area contributed by atoms with Crippen LogP contribution in [0.3, 0.4) is 0 Å². The predicted molar refractivity (Wildman–Crippen MR) is 66.2 cm³/mol. The van der Waals surface area contributed by atoms with E-state index in [1.807, 2.05) is 6.07 Å². The summed E-state index contributed by atoms with van der Waals surface area (Å²) in [6.45, 7) is 2.90. The van der Waals surface area contributed by atoms with Crippen LogP contribution in [0.5, 0.6) is 0 Å². The van der Waals surface area contributed by atoms with Crippen molar-refractivity contribution in [2.45, 2.75) is 25.9 Å². The molecule has 0 aliphatic rings. The second-order valence-electron chi connectivity index (χ2n) is 3.52. The average molecular weight is 233 g/mol. The minimum Gasteiger partial charge on any atom is -0.302 e. The summed E-state index contributed by atoms with van der Waals surface area (Å²) in [7, 11) is 0. The number of hydrogen-bond donors (Lipinski definition) is 1. The molecule has 0 bridgehead atoms. The summed E-state index contributed by atoms with van der Waals surface area (Å²) in [5.41, 5.74) is 0. The van der Waals surface area contributed by atoms with Crippen molar-refractivity contribution in [1.29, 1.82) is 0 Å². The number of rotatable bonds is 5. The highest BCUT2D eigenvalue weighted by Gasteiger charge is 2.09. The fourth-order valence-corrected chi connectivity index (χ4v) is 2.46. The lowest BCUT2D eigenvalue weighted by molar-refractivity contribution is 0.515. The van der Waals surface area contributed by atoms with Crippen LogP contribution in [0.2, 0.25) is 0 Å². The Morgan fingerprint density at radius 2 is 2.12 bits per heavy atom. The van der Waals surface area contributed by atoms with Gasteiger partial charge in [-0.3, -0.25) is 0 Å². The van der Waals surface area contributed by atoms with E-state index >= 15 is 0 Å². The van der Waals surface area contributed by atoms with Crippen LogP contribution < -0.4 is 5.32 Å². The number of nitrogens with zero attached hydrogens (tertiary/aromatic N) is 2. The van der Waals surface area contributed by atoms with Gasteiger partial charge in [-0.05, 0) is 23.9 Å². The molecule has 3 nitrogen and oxygen atoms in total. The van der Waals surface area contributed by atoms with Gasteiger partial charge in [-0.15, -0.1) is 11.3 Å². The Labute approximate surface area is 99.6 Å². The standard InChI is InChI=1S/C12H15N3S/c1-2-10(11-5-3-8-16-11)15-9-12-13-6-4-7-14-12/h3-8,10,15H,2,9H2,1H3. The first kappa shape index (κ1) is 11.2. The summed E-state index contributed by atoms with van der Waals surface area (Å²) in [4.78, 5) is 9.77. The van der Waals surface area contributed by atoms with Crippen LogP contribution in [0.4, 0.5) is 0 Å². The molecule has 2 aromatic heterocycles. The molecule has 0 aromatic carbocycles. The van der Waals surface area contributed by atoms with Crippen molar-refractivity contribution in [2.24, 2.45) is 0 Å². The number of nitrogens with one attached hydrogen (secondary N) is 1. The monoisotopic (exact) mass is 233 g/mol. The highest BCUT2D eigenvalue weighted by molar-refractivity contribution is 7.10. The van der Waals surface area contributed by atoms with E-state index < -0.39 is 0 Å². The maximum absolute atomic E-state index is 4.20. The molecule has 0 aliphatic carbocycles. The highest BCUT2D eigenvalue weighted by Crippen LogP contribution is 2.21. The summed E-state index contributed by atoms with van der Waals surface area (Å²) in [5, 5.41) is 5.58. The third kappa shape index (κ3) is 2.87. The fourth-order valence-electron chi connectivity index (χ4n) is 1.57. The molecule has 1 unspecified atom stereocenters. The van der Waals surface area contributed by atoms with Crippen LogP contribution in [0.25, 0.3) is 0 Å². The molecule has 0 aliphatic heterocycles. The fraction of sp³-hybridized carbons (Fsp3) is 0.333. The van der Waals surface area contributed by atoms with Gasteiger partial charge in [-0.2, -0.15) is 0 Å². The summed E-state index contributed by atoms with van der Waals surface area (Å²) >= 11 is 1.79. The molecule has 0 amide bonds. The SMILES string of the molecule is CCC(NCc1ncccn1)c1cccs1. The van der Waals surface area contributed by atoms with Gasteiger partial charge in [0.05, 0.1) is 6.54 Å². The maximum atomic E-state index is 4.20. The Hall–Kier alpha value is -1.26. The van der Waals surface area contributed by atoms with Gasteiger partial charge in [0, 0.05) is 23.3 Å². The molecular formula is C12H15N3S. The Morgan fingerprint density at radius 1 is 1.31 bits per heavy atom. The van der Waals surface area contributed by atoms with Crippen molar-refractivity contribution in [2.75, 3.05) is 0 Å². The molecule has 16 heavy (non-hydrogen) atoms. The van der Waals surface area contributed by atoms with Crippen LogP contribution in [0.15, 0.2) is 36.0 Å². The largest absolute Gasteiger partial charge is 0.302 e. The quantitative estimate of drug-likeness (QED) is 0.863. The average Bonchev–Trinajstić information content (AvgIpc) is 2.85. The van der Waals surface area contributed by atoms with Gasteiger partial charge in [-0.25, -0.2) is 9.97 Å². The zero-order valence-electron chi connectivity index (χ0n) is 9.26. The summed E-state index contributed by atoms with van der Waals surface area (Å²) in [6.07, 6.45) is 4.62. The Morgan fingerprint density at radius 3 is 2.75 bits per heavy atom. The first-order valence-electron chi connectivity index (χ1n) is 5.43. The van der Waals surface area contributed by atoms with Crippen LogP contribution in [0.1, 0.15) is 30.1 Å². The molecule has 0 radical (unpaired) electrons. The van der Waals surface area contributed by atoms with E-state index in [4.69, 9.17) is 0 Å². The summed E-state index contributed by atoms with van der Waals surface area (Å²) in [5.74, 6) is 0.845. The molecule has 1 N–H and O–H groups in total. The van der Waals surface area contributed by atoms with E-state index in [-0.39, 0.29) is 0 Å². The van der Waals surface area contributed by atoms with Gasteiger partial charge < -0.3 is 5.32 Å². The van der Waals surface area contributed by atoms with Gasteiger partial charge in [0.15, 0.2) is 0 Å². The first-order valence-corrected chi connectivity index (χ1v) is 6.30. The van der Waals surface area contributed by atoms with Crippen LogP contribution in [-0.4, -0.2) is 9.97 Å². The molecule has 0 saturated carbocycles. The molecule has 2 rings (SSSR count). The van der Waals surface area contributed by atoms with E-state index in [2.05, 4.69) is 39.7 Å². The third-order valence-electron chi connectivity index (χ3n) is 2.42. The van der Waals surface area contributed by atoms with Crippen molar-refractivity contribution >= 4 is 11.3 Å². The van der Waals surface area contributed by atoms with E-state index in [1.165, 1.54) is 4.88 Å². The molecule has 2 aromatic rings. The molecular weight excluding hydrogens is 218 g/mol. The lowest BCUT2D eigenvalue weighted by Crippen LogP contribution is -2.20. The van der Waals surface area contributed by atoms with Gasteiger partial charge in [0.25, 0.3) is 0 Å². The van der Waals surface area contributed by atoms with Crippen molar-refractivity contribution < 1.29 is 0 Å². The topological polar surface area (TPSA) is 37.8 Å². The number of thiophene rings is 1. The lowest BCUT2D eigenvalue weighted by Gasteiger charge is -2.14. The van der Waals surface area contributed by atoms with Crippen molar-refractivity contribution in [3.8, 4) is 0 Å². The molecule has 1 atom stereocenters. The van der Waals surface area contributed by atoms with E-state index in [9.17, 15) is 0 Å². The molecule has 4 heteroatoms. The Balaban J connectivity index is 1.94. The van der Waals surface area contributed by atoms with Crippen LogP contribution in [0, 0.1) is 0 Å². The lowest BCUT2D eigenvalue weighted by atomic mass is 10.2. The van der Waals surface area contributed by atoms with Crippen LogP contribution >= 0.6 is 11.3 Å². The van der Waals surface area contributed by atoms with E-state index in [1.54, 1.807) is 23.7 Å². The van der Waals surface area contributed by atoms with Crippen molar-refractivity contribution in [3.63, 3.8) is 0 Å². The zero-order chi connectivity index (χ0) is 11.2. The van der Waals surface area contributed by atoms with E-state index in [0.29, 0.717) is 6.04 Å². The molecule has 0 saturated heterocycles. The summed E-state index contributed by atoms with van der Waals surface area (Å²) < 4.78 is 0. The Kier molecular flexibility index (Phi) is 4.02. The maximum Gasteiger partial charge on any atom is 0.141 e. The minimum absolute atomic E-state index is 0.406. The molecule has 84 valence electrons. The molecule has 0 spiro atoms. The summed E-state index contributed by atoms with van der Waals surface area (Å²) in [6, 6.07) is 6.49. The third-order valence-corrected chi connectivity index (χ3v) is 3.41. The predicted octanol–water partition coefficient (Wildman–Crippen LogP) is 2.78. The minimum atomic E-state index is 0.406. The van der Waals surface area contributed by atoms with Gasteiger partial charge in [0.2, 0.25) is 0 Å². The smallest absolute Gasteiger partial charge is 0.141 e. The zero-order valence-corrected chi connectivity index (χ0v) is 10.1. The van der Waals surface area contributed by atoms with Crippen molar-refractivity contribution in [3.05, 3.63) is 46.7 Å². The highest BCUT2D eigenvalue weighted by atomic mass is 32.1.